The van der Waals surface area contributed by atoms with Crippen LogP contribution < -0.4 is 15.5 Å². The standard InChI is InChI=1S/C15H17N3O3/c1-18(12-6-3-2-4-7-12)11-14(19)17-15(20)16-10-13-8-5-9-21-13/h2-9H,10-11H2,1H3,(H2,16,17,19,20). The van der Waals surface area contributed by atoms with E-state index in [9.17, 15) is 9.59 Å². The summed E-state index contributed by atoms with van der Waals surface area (Å²) >= 11 is 0. The first-order valence-electron chi connectivity index (χ1n) is 6.51. The van der Waals surface area contributed by atoms with Gasteiger partial charge in [-0.25, -0.2) is 4.79 Å². The maximum Gasteiger partial charge on any atom is 0.321 e. The van der Waals surface area contributed by atoms with Gasteiger partial charge >= 0.3 is 6.03 Å². The number of imide groups is 1. The van der Waals surface area contributed by atoms with Crippen LogP contribution in [0.15, 0.2) is 53.1 Å². The van der Waals surface area contributed by atoms with Crippen molar-refractivity contribution in [1.29, 1.82) is 0 Å². The van der Waals surface area contributed by atoms with Gasteiger partial charge in [-0.3, -0.25) is 10.1 Å². The number of carbonyl (C=O) groups excluding carboxylic acids is 2. The lowest BCUT2D eigenvalue weighted by atomic mass is 10.3. The molecule has 2 aromatic rings. The van der Waals surface area contributed by atoms with Gasteiger partial charge in [-0.15, -0.1) is 0 Å². The molecule has 6 nitrogen and oxygen atoms in total. The fourth-order valence-electron chi connectivity index (χ4n) is 1.78. The van der Waals surface area contributed by atoms with Gasteiger partial charge in [0, 0.05) is 12.7 Å². The minimum absolute atomic E-state index is 0.0954. The Morgan fingerprint density at radius 1 is 1.14 bits per heavy atom. The highest BCUT2D eigenvalue weighted by Gasteiger charge is 2.10. The fraction of sp³-hybridized carbons (Fsp3) is 0.200. The Kier molecular flexibility index (Phi) is 4.98. The number of nitrogens with zero attached hydrogens (tertiary/aromatic N) is 1. The van der Waals surface area contributed by atoms with E-state index in [0.29, 0.717) is 5.76 Å². The van der Waals surface area contributed by atoms with Crippen molar-refractivity contribution in [1.82, 2.24) is 10.6 Å². The minimum atomic E-state index is -0.544. The van der Waals surface area contributed by atoms with E-state index in [1.54, 1.807) is 24.1 Å². The average Bonchev–Trinajstić information content (AvgIpc) is 2.99. The largest absolute Gasteiger partial charge is 0.467 e. The maximum atomic E-state index is 11.8. The number of likely N-dealkylation sites (N-methyl/N-ethyl adjacent to an activating group) is 1. The van der Waals surface area contributed by atoms with Crippen LogP contribution in [-0.2, 0) is 11.3 Å². The van der Waals surface area contributed by atoms with E-state index in [2.05, 4.69) is 10.6 Å². The van der Waals surface area contributed by atoms with Gasteiger partial charge in [0.1, 0.15) is 5.76 Å². The second kappa shape index (κ2) is 7.14. The predicted molar refractivity (Wildman–Crippen MR) is 78.8 cm³/mol. The number of furan rings is 1. The van der Waals surface area contributed by atoms with E-state index in [0.717, 1.165) is 5.69 Å². The summed E-state index contributed by atoms with van der Waals surface area (Å²) in [5, 5.41) is 4.82. The average molecular weight is 287 g/mol. The van der Waals surface area contributed by atoms with Gasteiger partial charge in [0.25, 0.3) is 0 Å². The molecular weight excluding hydrogens is 270 g/mol. The molecule has 0 aliphatic rings. The topological polar surface area (TPSA) is 74.6 Å². The van der Waals surface area contributed by atoms with Crippen molar-refractivity contribution in [2.75, 3.05) is 18.5 Å². The first kappa shape index (κ1) is 14.6. The Morgan fingerprint density at radius 2 is 1.90 bits per heavy atom. The third kappa shape index (κ3) is 4.68. The van der Waals surface area contributed by atoms with E-state index in [1.165, 1.54) is 6.26 Å². The number of para-hydroxylation sites is 1. The van der Waals surface area contributed by atoms with Crippen molar-refractivity contribution in [2.45, 2.75) is 6.54 Å². The van der Waals surface area contributed by atoms with E-state index >= 15 is 0 Å². The van der Waals surface area contributed by atoms with Crippen LogP contribution in [0.1, 0.15) is 5.76 Å². The molecular formula is C15H17N3O3. The van der Waals surface area contributed by atoms with Crippen LogP contribution in [0.3, 0.4) is 0 Å². The first-order chi connectivity index (χ1) is 10.1. The molecule has 3 amide bonds. The van der Waals surface area contributed by atoms with Crippen molar-refractivity contribution in [3.8, 4) is 0 Å². The molecule has 110 valence electrons. The molecule has 0 spiro atoms. The summed E-state index contributed by atoms with van der Waals surface area (Å²) in [4.78, 5) is 25.1. The molecule has 21 heavy (non-hydrogen) atoms. The molecule has 6 heteroatoms. The monoisotopic (exact) mass is 287 g/mol. The number of anilines is 1. The Balaban J connectivity index is 1.75. The van der Waals surface area contributed by atoms with Gasteiger partial charge in [0.2, 0.25) is 5.91 Å². The number of benzene rings is 1. The number of nitrogens with one attached hydrogen (secondary N) is 2. The molecule has 0 saturated heterocycles. The number of amides is 3. The van der Waals surface area contributed by atoms with Crippen LogP contribution in [0.4, 0.5) is 10.5 Å². The van der Waals surface area contributed by atoms with Crippen molar-refractivity contribution in [3.63, 3.8) is 0 Å². The lowest BCUT2D eigenvalue weighted by molar-refractivity contribution is -0.118. The van der Waals surface area contributed by atoms with Gasteiger partial charge < -0.3 is 14.6 Å². The maximum absolute atomic E-state index is 11.8. The van der Waals surface area contributed by atoms with E-state index in [4.69, 9.17) is 4.42 Å². The van der Waals surface area contributed by atoms with Gasteiger partial charge in [0.15, 0.2) is 0 Å². The second-order valence-electron chi connectivity index (χ2n) is 4.50. The Hall–Kier alpha value is -2.76. The van der Waals surface area contributed by atoms with Crippen LogP contribution in [0.5, 0.6) is 0 Å². The Morgan fingerprint density at radius 3 is 2.57 bits per heavy atom. The molecule has 1 heterocycles. The molecule has 0 unspecified atom stereocenters. The van der Waals surface area contributed by atoms with Crippen LogP contribution in [0, 0.1) is 0 Å². The molecule has 0 radical (unpaired) electrons. The summed E-state index contributed by atoms with van der Waals surface area (Å²) in [6.07, 6.45) is 1.52. The van der Waals surface area contributed by atoms with Gasteiger partial charge in [-0.05, 0) is 24.3 Å². The molecule has 2 rings (SSSR count). The summed E-state index contributed by atoms with van der Waals surface area (Å²) in [7, 11) is 1.79. The number of urea groups is 1. The highest BCUT2D eigenvalue weighted by Crippen LogP contribution is 2.09. The molecule has 1 aromatic heterocycles. The first-order valence-corrected chi connectivity index (χ1v) is 6.51. The summed E-state index contributed by atoms with van der Waals surface area (Å²) in [5.74, 6) is 0.248. The fourth-order valence-corrected chi connectivity index (χ4v) is 1.78. The predicted octanol–water partition coefficient (Wildman–Crippen LogP) is 1.74. The van der Waals surface area contributed by atoms with Crippen molar-refractivity contribution >= 4 is 17.6 Å². The molecule has 0 bridgehead atoms. The molecule has 0 fully saturated rings. The highest BCUT2D eigenvalue weighted by molar-refractivity contribution is 5.96. The molecule has 0 aliphatic carbocycles. The molecule has 2 N–H and O–H groups in total. The van der Waals surface area contributed by atoms with Crippen LogP contribution in [0.2, 0.25) is 0 Å². The summed E-state index contributed by atoms with van der Waals surface area (Å²) in [6, 6.07) is 12.4. The van der Waals surface area contributed by atoms with Crippen molar-refractivity contribution < 1.29 is 14.0 Å². The van der Waals surface area contributed by atoms with Crippen molar-refractivity contribution in [2.24, 2.45) is 0 Å². The SMILES string of the molecule is CN(CC(=O)NC(=O)NCc1ccco1)c1ccccc1. The van der Waals surface area contributed by atoms with Crippen LogP contribution >= 0.6 is 0 Å². The Bertz CT molecular complexity index is 581. The van der Waals surface area contributed by atoms with E-state index in [1.807, 2.05) is 30.3 Å². The van der Waals surface area contributed by atoms with Crippen LogP contribution in [0.25, 0.3) is 0 Å². The number of rotatable bonds is 5. The van der Waals surface area contributed by atoms with Crippen LogP contribution in [-0.4, -0.2) is 25.5 Å². The number of hydrogen-bond donors (Lipinski definition) is 2. The van der Waals surface area contributed by atoms with E-state index < -0.39 is 6.03 Å². The Labute approximate surface area is 122 Å². The zero-order valence-electron chi connectivity index (χ0n) is 11.7. The summed E-state index contributed by atoms with van der Waals surface area (Å²) in [6.45, 7) is 0.332. The van der Waals surface area contributed by atoms with Gasteiger partial charge in [-0.2, -0.15) is 0 Å². The molecule has 0 saturated carbocycles. The lowest BCUT2D eigenvalue weighted by Crippen LogP contribution is -2.43. The van der Waals surface area contributed by atoms with Gasteiger partial charge in [0.05, 0.1) is 19.4 Å². The molecule has 0 aliphatic heterocycles. The normalized spacial score (nSPS) is 9.95. The van der Waals surface area contributed by atoms with Crippen molar-refractivity contribution in [3.05, 3.63) is 54.5 Å². The zero-order chi connectivity index (χ0) is 15.1. The lowest BCUT2D eigenvalue weighted by Gasteiger charge is -2.18. The van der Waals surface area contributed by atoms with E-state index in [-0.39, 0.29) is 19.0 Å². The molecule has 0 atom stereocenters. The quantitative estimate of drug-likeness (QED) is 0.878. The third-order valence-corrected chi connectivity index (χ3v) is 2.83. The second-order valence-corrected chi connectivity index (χ2v) is 4.50. The number of carbonyl (C=O) groups is 2. The number of hydrogen-bond acceptors (Lipinski definition) is 4. The summed E-state index contributed by atoms with van der Waals surface area (Å²) in [5.41, 5.74) is 0.906. The summed E-state index contributed by atoms with van der Waals surface area (Å²) < 4.78 is 5.08. The highest BCUT2D eigenvalue weighted by atomic mass is 16.3. The molecule has 1 aromatic carbocycles. The third-order valence-electron chi connectivity index (χ3n) is 2.83. The smallest absolute Gasteiger partial charge is 0.321 e. The van der Waals surface area contributed by atoms with Gasteiger partial charge in [-0.1, -0.05) is 18.2 Å². The zero-order valence-corrected chi connectivity index (χ0v) is 11.7. The minimum Gasteiger partial charge on any atom is -0.467 e.